The molecule has 1 saturated heterocycles. The molecule has 0 saturated carbocycles. The highest BCUT2D eigenvalue weighted by atomic mass is 32.2. The zero-order valence-electron chi connectivity index (χ0n) is 65.8. The van der Waals surface area contributed by atoms with Crippen LogP contribution in [-0.2, 0) is 128 Å². The maximum absolute atomic E-state index is 15.2. The number of nitrogens with one attached hydrogen (secondary N) is 9. The predicted octanol–water partition coefficient (Wildman–Crippen LogP) is -5.37. The Bertz CT molecular complexity index is 3400. The van der Waals surface area contributed by atoms with Crippen LogP contribution in [0.4, 0.5) is 0 Å². The van der Waals surface area contributed by atoms with Gasteiger partial charge in [0.15, 0.2) is 0 Å². The Morgan fingerprint density at radius 1 is 0.687 bits per heavy atom. The zero-order valence-corrected chi connectivity index (χ0v) is 67.4. The Hall–Kier alpha value is -7.99. The largest absolute Gasteiger partial charge is 0.508 e. The first-order valence-corrected chi connectivity index (χ1v) is 40.6. The van der Waals surface area contributed by atoms with E-state index in [2.05, 4.69) is 47.5 Å². The van der Waals surface area contributed by atoms with Crippen LogP contribution in [0, 0.1) is 11.8 Å². The Morgan fingerprint density at radius 2 is 1.23 bits per heavy atom. The number of aromatic hydroxyl groups is 1. The first-order chi connectivity index (χ1) is 55.2. The summed E-state index contributed by atoms with van der Waals surface area (Å²) in [5.41, 5.74) is 18.2. The Labute approximate surface area is 674 Å². The van der Waals surface area contributed by atoms with Crippen LogP contribution in [0.1, 0.15) is 77.3 Å². The smallest absolute Gasteiger partial charge is 0.303 e. The summed E-state index contributed by atoms with van der Waals surface area (Å²) < 4.78 is 76.3. The number of nitrogens with zero attached hydrogens (tertiary/aromatic N) is 1. The number of fused-ring (bicyclic) bond motifs is 4. The number of rotatable bonds is 58. The highest BCUT2D eigenvalue weighted by Crippen LogP contribution is 2.36. The van der Waals surface area contributed by atoms with E-state index >= 15 is 4.21 Å². The quantitative estimate of drug-likeness (QED) is 0.0275. The fourth-order valence-electron chi connectivity index (χ4n) is 11.2. The third kappa shape index (κ3) is 38.8. The molecule has 0 spiro atoms. The summed E-state index contributed by atoms with van der Waals surface area (Å²) in [5, 5.41) is 72.1. The molecule has 2 aliphatic rings. The van der Waals surface area contributed by atoms with Gasteiger partial charge in [0.2, 0.25) is 59.1 Å². The number of H-pyrrole nitrogens is 1. The lowest BCUT2D eigenvalue weighted by Crippen LogP contribution is -2.61. The van der Waals surface area contributed by atoms with Gasteiger partial charge < -0.3 is 147 Å². The second-order valence-electron chi connectivity index (χ2n) is 26.6. The summed E-state index contributed by atoms with van der Waals surface area (Å²) in [7, 11) is -2.50. The molecule has 1 unspecified atom stereocenters. The lowest BCUT2D eigenvalue weighted by molar-refractivity contribution is -0.144. The number of aliphatic hydroxyl groups is 3. The van der Waals surface area contributed by atoms with E-state index in [1.807, 2.05) is 0 Å². The van der Waals surface area contributed by atoms with Gasteiger partial charge in [-0.1, -0.05) is 34.1 Å². The second kappa shape index (κ2) is 57.2. The minimum atomic E-state index is -2.50. The fraction of sp³-hybridized carbons (Fsp3) is 0.708. The van der Waals surface area contributed by atoms with Crippen molar-refractivity contribution in [1.82, 2.24) is 52.4 Å². The van der Waals surface area contributed by atoms with Gasteiger partial charge in [0.1, 0.15) is 47.0 Å². The van der Waals surface area contributed by atoms with Crippen LogP contribution >= 0.6 is 11.8 Å². The van der Waals surface area contributed by atoms with Gasteiger partial charge in [-0.05, 0) is 23.6 Å². The van der Waals surface area contributed by atoms with Crippen molar-refractivity contribution in [3.8, 4) is 5.75 Å². The molecule has 0 bridgehead atoms. The maximum Gasteiger partial charge on any atom is 0.303 e. The number of thioether (sulfide) groups is 1. The molecule has 41 nitrogen and oxygen atoms in total. The number of hydrogen-bond acceptors (Lipinski definition) is 30. The summed E-state index contributed by atoms with van der Waals surface area (Å²) in [6.45, 7) is 12.8. The number of nitrogens with two attached hydrogens (primary N) is 3. The standard InChI is InChI=1S/C72H119N13O28S2/c1-5-45(3)63(82-59(91)6-2)69(99)78-40-61(93)79-54-44-115(102)71-50(36-52(66(75)96)80-70(100)64(46(4)57(89)42-86)83-68(98)55-35-48(87)41-85(55)72(101)53(37-58(74)90)81-67(54)97)49-7-8-56(88)51(65(49)84-71)43-114-34-33-113-32-31-112-30-29-111-28-27-110-26-25-109-24-23-108-22-21-107-20-19-106-18-17-105-16-15-104-14-13-103-12-11-76-38-47(73)39-77-60(92)9-10-62(94)95/h7-8,38,45-46,48,52-55,57,63-64,76,84,86-89H,5-6,9-37,39-44,73H2,1-4H3,(H2,74,90)(H2,75,96)(H,77,92)(H,78,99)(H,79,93)(H,80,100)(H,81,97)(H,82,91)(H,83,98)(H,94,95)/b47-38-/t45-,46-,48+,52-,53-,54+,55-,57-,63-,64-,115?/m0/s1. The number of phenolic OH excluding ortho intramolecular Hbond substituents is 1. The maximum atomic E-state index is 15.2. The van der Waals surface area contributed by atoms with Crippen molar-refractivity contribution < 1.29 is 135 Å². The molecule has 2 aromatic rings. The number of primary amides is 2. The van der Waals surface area contributed by atoms with Crippen molar-refractivity contribution in [2.24, 2.45) is 29.0 Å². The molecular weight excluding hydrogens is 1560 g/mol. The molecule has 3 heterocycles. The Kier molecular flexibility index (Phi) is 49.4. The van der Waals surface area contributed by atoms with Crippen LogP contribution in [0.3, 0.4) is 0 Å². The lowest BCUT2D eigenvalue weighted by Gasteiger charge is -2.32. The molecule has 2 aliphatic heterocycles. The third-order valence-corrected chi connectivity index (χ3v) is 20.2. The number of aromatic nitrogens is 1. The predicted molar refractivity (Wildman–Crippen MR) is 414 cm³/mol. The summed E-state index contributed by atoms with van der Waals surface area (Å²) in [4.78, 5) is 150. The number of aliphatic carboxylic acids is 1. The van der Waals surface area contributed by atoms with Gasteiger partial charge in [0, 0.05) is 79.0 Å². The first kappa shape index (κ1) is 99.4. The van der Waals surface area contributed by atoms with Gasteiger partial charge in [0.05, 0.1) is 212 Å². The average molecular weight is 1680 g/mol. The number of carbonyl (C=O) groups excluding carboxylic acids is 10. The summed E-state index contributed by atoms with van der Waals surface area (Å²) in [5.74, 6) is -12.8. The Balaban J connectivity index is 1.21. The van der Waals surface area contributed by atoms with Crippen LogP contribution in [0.15, 0.2) is 29.1 Å². The van der Waals surface area contributed by atoms with E-state index < -0.39 is 181 Å². The first-order valence-electron chi connectivity index (χ1n) is 38.2. The van der Waals surface area contributed by atoms with Crippen molar-refractivity contribution >= 4 is 98.5 Å². The van der Waals surface area contributed by atoms with Gasteiger partial charge in [-0.25, -0.2) is 0 Å². The molecule has 43 heteroatoms. The second-order valence-corrected chi connectivity index (χ2v) is 29.1. The normalized spacial score (nSPS) is 19.5. The minimum absolute atomic E-state index is 0.0419. The molecule has 0 radical (unpaired) electrons. The molecule has 1 fully saturated rings. The number of hydrogen-bond donors (Lipinski definition) is 17. The van der Waals surface area contributed by atoms with Crippen molar-refractivity contribution in [2.45, 2.75) is 132 Å². The van der Waals surface area contributed by atoms with Gasteiger partial charge in [-0.2, -0.15) is 11.8 Å². The number of carboxylic acid groups (broad SMARTS) is 1. The molecule has 4 rings (SSSR count). The minimum Gasteiger partial charge on any atom is -0.508 e. The number of carboxylic acids is 1. The van der Waals surface area contributed by atoms with E-state index in [0.717, 1.165) is 4.90 Å². The molecule has 0 aliphatic carbocycles. The number of benzene rings is 1. The van der Waals surface area contributed by atoms with Crippen molar-refractivity contribution in [3.63, 3.8) is 0 Å². The molecule has 652 valence electrons. The molecular formula is C72H119N13O28S2. The van der Waals surface area contributed by atoms with Crippen LogP contribution in [0.5, 0.6) is 5.75 Å². The number of aromatic amines is 1. The van der Waals surface area contributed by atoms with Gasteiger partial charge in [-0.15, -0.1) is 0 Å². The van der Waals surface area contributed by atoms with E-state index in [0.29, 0.717) is 150 Å². The van der Waals surface area contributed by atoms with Crippen LogP contribution in [-0.4, -0.2) is 343 Å². The molecule has 115 heavy (non-hydrogen) atoms. The topological polar surface area (TPSA) is 601 Å². The Morgan fingerprint density at radius 3 is 1.73 bits per heavy atom. The third-order valence-electron chi connectivity index (χ3n) is 17.8. The SMILES string of the molecule is CCC(=O)N[C@H](C(=O)NCC(=O)N[C@@H]1CS(=O)c2[nH]c3c(CSCCOCCOCCOCCOCCOCCOCCOCCOCCOCCOCCOCCN/C=C(\N)CNC(=O)CCC(=O)O)c(O)ccc3c2C[C@@H](C(N)=O)NC(=O)[C@H]([C@@H](C)[C@@H](O)CO)NC(=O)[C@@H]2C[C@@H](O)CN2C(=O)[C@H](CC(N)=O)NC1=O)[C@@H](C)CC. The lowest BCUT2D eigenvalue weighted by atomic mass is 9.94. The molecule has 11 atom stereocenters. The fourth-order valence-corrected chi connectivity index (χ4v) is 13.5. The highest BCUT2D eigenvalue weighted by molar-refractivity contribution is 7.98. The summed E-state index contributed by atoms with van der Waals surface area (Å²) in [6.07, 6.45) is -3.26. The molecule has 1 aromatic heterocycles. The van der Waals surface area contributed by atoms with Crippen molar-refractivity contribution in [2.75, 3.05) is 190 Å². The van der Waals surface area contributed by atoms with E-state index in [9.17, 15) is 73.2 Å². The monoisotopic (exact) mass is 1680 g/mol. The average Bonchev–Trinajstić information content (AvgIpc) is 1.61. The van der Waals surface area contributed by atoms with E-state index in [4.69, 9.17) is 74.4 Å². The number of aliphatic hydroxyl groups excluding tert-OH is 3. The van der Waals surface area contributed by atoms with Gasteiger partial charge in [-0.3, -0.25) is 56.9 Å². The van der Waals surface area contributed by atoms with Gasteiger partial charge >= 0.3 is 5.97 Å². The molecule has 10 amide bonds. The molecule has 1 aromatic carbocycles. The van der Waals surface area contributed by atoms with Crippen LogP contribution in [0.2, 0.25) is 0 Å². The van der Waals surface area contributed by atoms with E-state index in [-0.39, 0.29) is 84.2 Å². The van der Waals surface area contributed by atoms with Crippen molar-refractivity contribution in [1.29, 1.82) is 0 Å². The summed E-state index contributed by atoms with van der Waals surface area (Å²) in [6, 6.07) is -7.23. The number of amides is 10. The van der Waals surface area contributed by atoms with E-state index in [1.54, 1.807) is 27.0 Å². The number of ether oxygens (including phenoxy) is 11. The summed E-state index contributed by atoms with van der Waals surface area (Å²) >= 11 is 1.33. The zero-order chi connectivity index (χ0) is 84.5. The van der Waals surface area contributed by atoms with Crippen LogP contribution in [0.25, 0.3) is 10.9 Å². The van der Waals surface area contributed by atoms with Crippen molar-refractivity contribution in [3.05, 3.63) is 35.2 Å². The van der Waals surface area contributed by atoms with Gasteiger partial charge in [0.25, 0.3) is 0 Å². The number of phenols is 1. The highest BCUT2D eigenvalue weighted by Gasteiger charge is 2.45. The number of carbonyl (C=O) groups is 11. The van der Waals surface area contributed by atoms with E-state index in [1.165, 1.54) is 30.8 Å². The van der Waals surface area contributed by atoms with Crippen LogP contribution < -0.4 is 59.7 Å². The molecule has 20 N–H and O–H groups in total.